The van der Waals surface area contributed by atoms with Crippen LogP contribution in [0.3, 0.4) is 0 Å². The minimum absolute atomic E-state index is 0.0375. The third-order valence-corrected chi connectivity index (χ3v) is 5.43. The molecule has 0 aromatic carbocycles. The topological polar surface area (TPSA) is 59.0 Å². The lowest BCUT2D eigenvalue weighted by Crippen LogP contribution is -2.39. The number of carbonyl (C=O) groups excluding carboxylic acids is 1. The molecule has 2 atom stereocenters. The molecule has 1 aromatic heterocycles. The van der Waals surface area contributed by atoms with Gasteiger partial charge >= 0.3 is 0 Å². The van der Waals surface area contributed by atoms with Crippen LogP contribution in [0.15, 0.2) is 6.07 Å². The highest BCUT2D eigenvalue weighted by atomic mass is 16.1. The SMILES string of the molecule is CC(C)(C)c1cc(NC(=O)CC2CC3CCC(C2)N3)n(C(C)(C)C)n1. The van der Waals surface area contributed by atoms with Gasteiger partial charge in [0.2, 0.25) is 5.91 Å². The van der Waals surface area contributed by atoms with E-state index >= 15 is 0 Å². The second kappa shape index (κ2) is 6.42. The van der Waals surface area contributed by atoms with Gasteiger partial charge in [-0.25, -0.2) is 4.68 Å². The Hall–Kier alpha value is -1.36. The third kappa shape index (κ3) is 4.25. The van der Waals surface area contributed by atoms with E-state index in [1.54, 1.807) is 0 Å². The van der Waals surface area contributed by atoms with Crippen molar-refractivity contribution in [3.05, 3.63) is 11.8 Å². The van der Waals surface area contributed by atoms with Crippen LogP contribution in [0, 0.1) is 5.92 Å². The summed E-state index contributed by atoms with van der Waals surface area (Å²) in [6.07, 6.45) is 5.43. The largest absolute Gasteiger partial charge is 0.311 e. The summed E-state index contributed by atoms with van der Waals surface area (Å²) in [7, 11) is 0. The quantitative estimate of drug-likeness (QED) is 0.875. The average molecular weight is 347 g/mol. The molecule has 25 heavy (non-hydrogen) atoms. The molecule has 2 aliphatic heterocycles. The van der Waals surface area contributed by atoms with Crippen LogP contribution >= 0.6 is 0 Å². The van der Waals surface area contributed by atoms with E-state index in [1.807, 2.05) is 10.7 Å². The molecule has 5 nitrogen and oxygen atoms in total. The van der Waals surface area contributed by atoms with E-state index in [1.165, 1.54) is 12.8 Å². The van der Waals surface area contributed by atoms with Gasteiger partial charge in [-0.2, -0.15) is 5.10 Å². The van der Waals surface area contributed by atoms with Crippen LogP contribution in [0.2, 0.25) is 0 Å². The molecular weight excluding hydrogens is 312 g/mol. The Bertz CT molecular complexity index is 623. The predicted octanol–water partition coefficient (Wildman–Crippen LogP) is 3.79. The van der Waals surface area contributed by atoms with Crippen molar-refractivity contribution in [1.82, 2.24) is 15.1 Å². The highest BCUT2D eigenvalue weighted by Gasteiger charge is 2.34. The molecule has 2 unspecified atom stereocenters. The molecule has 2 saturated heterocycles. The number of rotatable bonds is 3. The van der Waals surface area contributed by atoms with Crippen LogP contribution in [0.1, 0.15) is 79.3 Å². The number of fused-ring (bicyclic) bond motifs is 2. The van der Waals surface area contributed by atoms with E-state index in [-0.39, 0.29) is 16.9 Å². The number of anilines is 1. The van der Waals surface area contributed by atoms with Crippen molar-refractivity contribution in [2.75, 3.05) is 5.32 Å². The first-order valence-electron chi connectivity index (χ1n) is 9.69. The lowest BCUT2D eigenvalue weighted by molar-refractivity contribution is -0.117. The van der Waals surface area contributed by atoms with E-state index < -0.39 is 0 Å². The molecule has 2 fully saturated rings. The van der Waals surface area contributed by atoms with Crippen molar-refractivity contribution < 1.29 is 4.79 Å². The fraction of sp³-hybridized carbons (Fsp3) is 0.800. The Labute approximate surface area is 151 Å². The summed E-state index contributed by atoms with van der Waals surface area (Å²) in [4.78, 5) is 12.7. The highest BCUT2D eigenvalue weighted by molar-refractivity contribution is 5.90. The zero-order chi connectivity index (χ0) is 18.4. The van der Waals surface area contributed by atoms with Gasteiger partial charge in [-0.1, -0.05) is 20.8 Å². The molecule has 2 N–H and O–H groups in total. The maximum Gasteiger partial charge on any atom is 0.225 e. The Morgan fingerprint density at radius 1 is 1.20 bits per heavy atom. The first-order valence-corrected chi connectivity index (χ1v) is 9.69. The normalized spacial score (nSPS) is 26.7. The van der Waals surface area contributed by atoms with E-state index in [0.29, 0.717) is 24.4 Å². The van der Waals surface area contributed by atoms with E-state index in [2.05, 4.69) is 52.2 Å². The molecule has 1 amide bonds. The number of nitrogens with one attached hydrogen (secondary N) is 2. The van der Waals surface area contributed by atoms with Crippen LogP contribution in [-0.4, -0.2) is 27.8 Å². The van der Waals surface area contributed by atoms with Crippen molar-refractivity contribution in [3.63, 3.8) is 0 Å². The smallest absolute Gasteiger partial charge is 0.225 e. The van der Waals surface area contributed by atoms with Crippen molar-refractivity contribution in [3.8, 4) is 0 Å². The fourth-order valence-corrected chi connectivity index (χ4v) is 4.15. The third-order valence-electron chi connectivity index (χ3n) is 5.43. The number of nitrogens with zero attached hydrogens (tertiary/aromatic N) is 2. The van der Waals surface area contributed by atoms with Crippen molar-refractivity contribution in [2.24, 2.45) is 5.92 Å². The molecule has 2 aliphatic rings. The van der Waals surface area contributed by atoms with Crippen LogP contribution in [0.25, 0.3) is 0 Å². The minimum atomic E-state index is -0.167. The molecule has 1 aromatic rings. The first-order chi connectivity index (χ1) is 11.5. The second-order valence-electron chi connectivity index (χ2n) is 9.98. The second-order valence-corrected chi connectivity index (χ2v) is 9.98. The number of amides is 1. The molecule has 2 bridgehead atoms. The molecule has 0 saturated carbocycles. The monoisotopic (exact) mass is 346 g/mol. The molecule has 140 valence electrons. The standard InChI is InChI=1S/C20H34N4O/c1-19(2,3)16-12-17(24(23-16)20(4,5)6)22-18(25)11-13-9-14-7-8-15(10-13)21-14/h12-15,21H,7-11H2,1-6H3,(H,22,25). The predicted molar refractivity (Wildman–Crippen MR) is 102 cm³/mol. The minimum Gasteiger partial charge on any atom is -0.311 e. The van der Waals surface area contributed by atoms with Crippen molar-refractivity contribution in [1.29, 1.82) is 0 Å². The summed E-state index contributed by atoms with van der Waals surface area (Å²) >= 11 is 0. The van der Waals surface area contributed by atoms with Crippen molar-refractivity contribution in [2.45, 2.75) is 96.7 Å². The van der Waals surface area contributed by atoms with E-state index in [4.69, 9.17) is 5.10 Å². The van der Waals surface area contributed by atoms with Gasteiger partial charge < -0.3 is 10.6 Å². The summed E-state index contributed by atoms with van der Waals surface area (Å²) in [5, 5.41) is 11.6. The Morgan fingerprint density at radius 2 is 1.80 bits per heavy atom. The van der Waals surface area contributed by atoms with Crippen LogP contribution in [0.5, 0.6) is 0 Å². The van der Waals surface area contributed by atoms with E-state index in [9.17, 15) is 4.79 Å². The molecule has 3 heterocycles. The van der Waals surface area contributed by atoms with Gasteiger partial charge in [0.15, 0.2) is 0 Å². The van der Waals surface area contributed by atoms with E-state index in [0.717, 1.165) is 24.4 Å². The molecular formula is C20H34N4O. The molecule has 0 spiro atoms. The number of piperidine rings is 1. The summed E-state index contributed by atoms with van der Waals surface area (Å²) < 4.78 is 1.96. The van der Waals surface area contributed by atoms with Crippen LogP contribution < -0.4 is 10.6 Å². The van der Waals surface area contributed by atoms with Gasteiger partial charge in [0.25, 0.3) is 0 Å². The fourth-order valence-electron chi connectivity index (χ4n) is 4.15. The zero-order valence-electron chi connectivity index (χ0n) is 16.6. The maximum absolute atomic E-state index is 12.7. The Morgan fingerprint density at radius 3 is 2.32 bits per heavy atom. The first kappa shape index (κ1) is 18.4. The van der Waals surface area contributed by atoms with Gasteiger partial charge in [-0.05, 0) is 52.4 Å². The van der Waals surface area contributed by atoms with Gasteiger partial charge in [0, 0.05) is 30.0 Å². The average Bonchev–Trinajstić information content (AvgIpc) is 3.01. The summed E-state index contributed by atoms with van der Waals surface area (Å²) in [6.45, 7) is 12.8. The highest BCUT2D eigenvalue weighted by Crippen LogP contribution is 2.33. The zero-order valence-corrected chi connectivity index (χ0v) is 16.6. The lowest BCUT2D eigenvalue weighted by atomic mass is 9.89. The molecule has 5 heteroatoms. The van der Waals surface area contributed by atoms with Gasteiger partial charge in [0.05, 0.1) is 11.2 Å². The van der Waals surface area contributed by atoms with Gasteiger partial charge in [-0.3, -0.25) is 4.79 Å². The molecule has 0 aliphatic carbocycles. The summed E-state index contributed by atoms with van der Waals surface area (Å²) in [5.74, 6) is 1.45. The summed E-state index contributed by atoms with van der Waals surface area (Å²) in [5.41, 5.74) is 0.808. The number of hydrogen-bond donors (Lipinski definition) is 2. The van der Waals surface area contributed by atoms with Crippen molar-refractivity contribution >= 4 is 11.7 Å². The Balaban J connectivity index is 1.71. The van der Waals surface area contributed by atoms with Gasteiger partial charge in [0.1, 0.15) is 5.82 Å². The lowest BCUT2D eigenvalue weighted by Gasteiger charge is -2.29. The van der Waals surface area contributed by atoms with Crippen LogP contribution in [0.4, 0.5) is 5.82 Å². The maximum atomic E-state index is 12.7. The van der Waals surface area contributed by atoms with Crippen LogP contribution in [-0.2, 0) is 15.7 Å². The number of hydrogen-bond acceptors (Lipinski definition) is 3. The number of aromatic nitrogens is 2. The molecule has 3 rings (SSSR count). The number of carbonyl (C=O) groups is 1. The van der Waals surface area contributed by atoms with Gasteiger partial charge in [-0.15, -0.1) is 0 Å². The summed E-state index contributed by atoms with van der Waals surface area (Å²) in [6, 6.07) is 3.29. The Kier molecular flexibility index (Phi) is 4.73. The molecule has 0 radical (unpaired) electrons.